The molecule has 0 bridgehead atoms. The summed E-state index contributed by atoms with van der Waals surface area (Å²) < 4.78 is 1.81. The molecule has 0 aromatic carbocycles. The minimum atomic E-state index is -0.0975. The minimum absolute atomic E-state index is 0.0618. The first kappa shape index (κ1) is 20.0. The van der Waals surface area contributed by atoms with Crippen LogP contribution in [0.3, 0.4) is 0 Å². The van der Waals surface area contributed by atoms with Crippen molar-refractivity contribution < 1.29 is 9.59 Å². The highest BCUT2D eigenvalue weighted by atomic mass is 32.1. The van der Waals surface area contributed by atoms with Crippen molar-refractivity contribution in [2.75, 3.05) is 46.2 Å². The number of carbonyl (C=O) groups is 2. The van der Waals surface area contributed by atoms with Crippen LogP contribution in [0.25, 0.3) is 5.65 Å². The fourth-order valence-corrected chi connectivity index (χ4v) is 3.71. The predicted molar refractivity (Wildman–Crippen MR) is 112 cm³/mol. The summed E-state index contributed by atoms with van der Waals surface area (Å²) >= 11 is 1.40. The molecule has 148 valence electrons. The second-order valence-electron chi connectivity index (χ2n) is 7.04. The molecule has 3 aromatic heterocycles. The number of amides is 2. The number of hydrogen-bond acceptors (Lipinski definition) is 5. The summed E-state index contributed by atoms with van der Waals surface area (Å²) in [6.07, 6.45) is 1.76. The van der Waals surface area contributed by atoms with E-state index in [1.807, 2.05) is 47.8 Å². The quantitative estimate of drug-likeness (QED) is 0.639. The Morgan fingerprint density at radius 1 is 1.07 bits per heavy atom. The number of aryl methyl sites for hydroxylation is 1. The van der Waals surface area contributed by atoms with Gasteiger partial charge in [-0.1, -0.05) is 6.07 Å². The summed E-state index contributed by atoms with van der Waals surface area (Å²) in [6.45, 7) is 3.29. The molecule has 0 saturated heterocycles. The van der Waals surface area contributed by atoms with E-state index in [0.29, 0.717) is 28.5 Å². The fourth-order valence-electron chi connectivity index (χ4n) is 3.01. The number of imidazole rings is 1. The van der Waals surface area contributed by atoms with Gasteiger partial charge in [-0.25, -0.2) is 4.98 Å². The van der Waals surface area contributed by atoms with Crippen LogP contribution in [-0.4, -0.2) is 72.3 Å². The number of pyridine rings is 1. The Balaban J connectivity index is 1.94. The monoisotopic (exact) mass is 399 g/mol. The molecule has 0 saturated carbocycles. The number of fused-ring (bicyclic) bond motifs is 1. The standard InChI is InChI=1S/C20H25N5O2S/c1-14-18(24(5)20(27)16-7-6-12-28-16)25-13-15(8-9-17(25)21-14)19(26)23(4)11-10-22(2)3/h6-9,12-13H,10-11H2,1-5H3. The Hall–Kier alpha value is -2.71. The number of likely N-dealkylation sites (N-methyl/N-ethyl adjacent to an activating group) is 2. The van der Waals surface area contributed by atoms with E-state index in [1.54, 1.807) is 42.2 Å². The number of anilines is 1. The smallest absolute Gasteiger partial charge is 0.269 e. The van der Waals surface area contributed by atoms with Crippen LogP contribution in [0.15, 0.2) is 35.8 Å². The zero-order chi connectivity index (χ0) is 20.4. The molecule has 3 aromatic rings. The molecule has 0 spiro atoms. The second-order valence-corrected chi connectivity index (χ2v) is 7.99. The summed E-state index contributed by atoms with van der Waals surface area (Å²) in [6, 6.07) is 7.25. The van der Waals surface area contributed by atoms with Gasteiger partial charge in [-0.2, -0.15) is 0 Å². The van der Waals surface area contributed by atoms with Gasteiger partial charge in [0.05, 0.1) is 16.1 Å². The minimum Gasteiger partial charge on any atom is -0.340 e. The zero-order valence-corrected chi connectivity index (χ0v) is 17.7. The highest BCUT2D eigenvalue weighted by Crippen LogP contribution is 2.24. The van der Waals surface area contributed by atoms with Gasteiger partial charge in [-0.15, -0.1) is 11.3 Å². The van der Waals surface area contributed by atoms with Gasteiger partial charge in [-0.05, 0) is 44.6 Å². The van der Waals surface area contributed by atoms with E-state index in [9.17, 15) is 9.59 Å². The fraction of sp³-hybridized carbons (Fsp3) is 0.350. The van der Waals surface area contributed by atoms with Crippen LogP contribution in [-0.2, 0) is 0 Å². The van der Waals surface area contributed by atoms with Gasteiger partial charge in [0.2, 0.25) is 0 Å². The predicted octanol–water partition coefficient (Wildman–Crippen LogP) is 2.61. The molecule has 0 radical (unpaired) electrons. The molecule has 0 atom stereocenters. The van der Waals surface area contributed by atoms with Crippen molar-refractivity contribution in [3.8, 4) is 0 Å². The van der Waals surface area contributed by atoms with Gasteiger partial charge in [0.25, 0.3) is 11.8 Å². The highest BCUT2D eigenvalue weighted by Gasteiger charge is 2.22. The number of rotatable bonds is 6. The van der Waals surface area contributed by atoms with E-state index in [0.717, 1.165) is 12.2 Å². The second kappa shape index (κ2) is 8.12. The normalized spacial score (nSPS) is 11.2. The van der Waals surface area contributed by atoms with Gasteiger partial charge in [-0.3, -0.25) is 18.9 Å². The summed E-state index contributed by atoms with van der Waals surface area (Å²) in [5, 5.41) is 1.88. The molecule has 0 fully saturated rings. The van der Waals surface area contributed by atoms with Crippen molar-refractivity contribution in [3.05, 3.63) is 52.0 Å². The van der Waals surface area contributed by atoms with Crippen LogP contribution in [0.4, 0.5) is 5.82 Å². The third-order valence-corrected chi connectivity index (χ3v) is 5.45. The lowest BCUT2D eigenvalue weighted by Gasteiger charge is -2.20. The Labute approximate surface area is 168 Å². The maximum absolute atomic E-state index is 12.8. The van der Waals surface area contributed by atoms with Crippen molar-refractivity contribution in [3.63, 3.8) is 0 Å². The molecular formula is C20H25N5O2S. The Bertz CT molecular complexity index is 994. The lowest BCUT2D eigenvalue weighted by molar-refractivity contribution is 0.0785. The molecular weight excluding hydrogens is 374 g/mol. The molecule has 0 aliphatic rings. The van der Waals surface area contributed by atoms with Gasteiger partial charge >= 0.3 is 0 Å². The third-order valence-electron chi connectivity index (χ3n) is 4.59. The van der Waals surface area contributed by atoms with E-state index in [-0.39, 0.29) is 11.8 Å². The van der Waals surface area contributed by atoms with Crippen LogP contribution in [0.1, 0.15) is 25.7 Å². The largest absolute Gasteiger partial charge is 0.340 e. The topological polar surface area (TPSA) is 61.2 Å². The third kappa shape index (κ3) is 3.93. The van der Waals surface area contributed by atoms with Crippen LogP contribution in [0, 0.1) is 6.92 Å². The number of hydrogen-bond donors (Lipinski definition) is 0. The first-order chi connectivity index (χ1) is 13.3. The molecule has 0 aliphatic heterocycles. The molecule has 2 amide bonds. The molecule has 3 heterocycles. The lowest BCUT2D eigenvalue weighted by atomic mass is 10.2. The van der Waals surface area contributed by atoms with Crippen molar-refractivity contribution in [2.24, 2.45) is 0 Å². The van der Waals surface area contributed by atoms with E-state index >= 15 is 0 Å². The van der Waals surface area contributed by atoms with Gasteiger partial charge in [0.1, 0.15) is 11.5 Å². The van der Waals surface area contributed by atoms with Crippen LogP contribution in [0.5, 0.6) is 0 Å². The van der Waals surface area contributed by atoms with Crippen LogP contribution < -0.4 is 4.90 Å². The average molecular weight is 400 g/mol. The molecule has 3 rings (SSSR count). The maximum atomic E-state index is 12.8. The lowest BCUT2D eigenvalue weighted by Crippen LogP contribution is -2.33. The molecule has 7 nitrogen and oxygen atoms in total. The number of nitrogens with zero attached hydrogens (tertiary/aromatic N) is 5. The molecule has 0 unspecified atom stereocenters. The summed E-state index contributed by atoms with van der Waals surface area (Å²) in [5.74, 6) is 0.506. The number of aromatic nitrogens is 2. The summed E-state index contributed by atoms with van der Waals surface area (Å²) in [4.78, 5) is 36.1. The van der Waals surface area contributed by atoms with Gasteiger partial charge in [0, 0.05) is 33.4 Å². The maximum Gasteiger partial charge on any atom is 0.269 e. The number of thiophene rings is 1. The van der Waals surface area contributed by atoms with E-state index in [1.165, 1.54) is 11.3 Å². The van der Waals surface area contributed by atoms with Gasteiger partial charge in [0.15, 0.2) is 0 Å². The van der Waals surface area contributed by atoms with E-state index in [4.69, 9.17) is 0 Å². The first-order valence-corrected chi connectivity index (χ1v) is 9.88. The summed E-state index contributed by atoms with van der Waals surface area (Å²) in [7, 11) is 7.48. The Morgan fingerprint density at radius 3 is 2.46 bits per heavy atom. The Kier molecular flexibility index (Phi) is 5.81. The van der Waals surface area contributed by atoms with Crippen molar-refractivity contribution in [1.82, 2.24) is 19.2 Å². The molecule has 8 heteroatoms. The highest BCUT2D eigenvalue weighted by molar-refractivity contribution is 7.12. The van der Waals surface area contributed by atoms with Crippen LogP contribution in [0.2, 0.25) is 0 Å². The van der Waals surface area contributed by atoms with Crippen LogP contribution >= 0.6 is 11.3 Å². The van der Waals surface area contributed by atoms with E-state index < -0.39 is 0 Å². The van der Waals surface area contributed by atoms with Crippen molar-refractivity contribution in [1.29, 1.82) is 0 Å². The van der Waals surface area contributed by atoms with E-state index in [2.05, 4.69) is 4.98 Å². The zero-order valence-electron chi connectivity index (χ0n) is 16.8. The first-order valence-electron chi connectivity index (χ1n) is 9.00. The summed E-state index contributed by atoms with van der Waals surface area (Å²) in [5.41, 5.74) is 1.99. The molecule has 0 aliphatic carbocycles. The molecule has 28 heavy (non-hydrogen) atoms. The Morgan fingerprint density at radius 2 is 1.82 bits per heavy atom. The van der Waals surface area contributed by atoms with Crippen molar-refractivity contribution >= 4 is 34.6 Å². The van der Waals surface area contributed by atoms with Gasteiger partial charge < -0.3 is 9.80 Å². The number of carbonyl (C=O) groups excluding carboxylic acids is 2. The van der Waals surface area contributed by atoms with Crippen molar-refractivity contribution in [2.45, 2.75) is 6.92 Å². The average Bonchev–Trinajstić information content (AvgIpc) is 3.30. The SMILES string of the molecule is Cc1nc2ccc(C(=O)N(C)CCN(C)C)cn2c1N(C)C(=O)c1cccs1. The molecule has 0 N–H and O–H groups in total.